The lowest BCUT2D eigenvalue weighted by Gasteiger charge is -2.31. The van der Waals surface area contributed by atoms with Gasteiger partial charge in [-0.25, -0.2) is 0 Å². The third kappa shape index (κ3) is 6.87. The summed E-state index contributed by atoms with van der Waals surface area (Å²) in [7, 11) is 0. The molecule has 1 aromatic heterocycles. The minimum absolute atomic E-state index is 0.0000728. The molecule has 1 N–H and O–H groups in total. The maximum atomic E-state index is 13.2. The number of alkyl halides is 3. The molecule has 0 aliphatic carbocycles. The van der Waals surface area contributed by atoms with Crippen molar-refractivity contribution in [1.29, 1.82) is 0 Å². The van der Waals surface area contributed by atoms with Crippen molar-refractivity contribution in [1.82, 2.24) is 5.16 Å². The second-order valence-electron chi connectivity index (χ2n) is 7.33. The predicted octanol–water partition coefficient (Wildman–Crippen LogP) is 3.56. The molecule has 1 aliphatic heterocycles. The van der Waals surface area contributed by atoms with Gasteiger partial charge in [-0.05, 0) is 32.0 Å². The van der Waals surface area contributed by atoms with E-state index < -0.39 is 30.2 Å². The lowest BCUT2D eigenvalue weighted by molar-refractivity contribution is -0.144. The molecule has 1 amide bonds. The summed E-state index contributed by atoms with van der Waals surface area (Å²) < 4.78 is 54.8. The van der Waals surface area contributed by atoms with E-state index in [4.69, 9.17) is 14.0 Å². The number of rotatable bonds is 8. The fourth-order valence-corrected chi connectivity index (χ4v) is 4.18. The average molecular weight is 488 g/mol. The number of hydrogen-bond donors (Lipinski definition) is 1. The molecule has 3 rings (SSSR count). The Morgan fingerprint density at radius 3 is 2.61 bits per heavy atom. The SMILES string of the molecule is Cc1noc(C)c1CSCC(=O)OCC(=O)Nc1cc(C(F)(F)F)ccc1N1CCOCC1. The molecule has 0 radical (unpaired) electrons. The molecular formula is C21H24F3N3O5S. The van der Waals surface area contributed by atoms with Crippen molar-refractivity contribution in [3.63, 3.8) is 0 Å². The van der Waals surface area contributed by atoms with E-state index in [0.717, 1.165) is 23.4 Å². The van der Waals surface area contributed by atoms with Gasteiger partial charge in [-0.3, -0.25) is 9.59 Å². The number of benzene rings is 1. The molecule has 0 saturated carbocycles. The highest BCUT2D eigenvalue weighted by Crippen LogP contribution is 2.35. The number of halogens is 3. The Kier molecular flexibility index (Phi) is 8.25. The molecule has 0 unspecified atom stereocenters. The third-order valence-electron chi connectivity index (χ3n) is 4.96. The van der Waals surface area contributed by atoms with Crippen LogP contribution in [0, 0.1) is 13.8 Å². The maximum Gasteiger partial charge on any atom is 0.416 e. The van der Waals surface area contributed by atoms with E-state index in [-0.39, 0.29) is 11.4 Å². The van der Waals surface area contributed by atoms with Gasteiger partial charge in [0.15, 0.2) is 6.61 Å². The molecule has 1 aliphatic rings. The summed E-state index contributed by atoms with van der Waals surface area (Å²) in [6.45, 7) is 4.78. The molecule has 33 heavy (non-hydrogen) atoms. The summed E-state index contributed by atoms with van der Waals surface area (Å²) in [4.78, 5) is 26.1. The predicted molar refractivity (Wildman–Crippen MR) is 116 cm³/mol. The molecule has 0 bridgehead atoms. The fourth-order valence-electron chi connectivity index (χ4n) is 3.21. The smallest absolute Gasteiger partial charge is 0.416 e. The normalized spacial score (nSPS) is 14.3. The van der Waals surface area contributed by atoms with Crippen molar-refractivity contribution in [2.45, 2.75) is 25.8 Å². The van der Waals surface area contributed by atoms with Crippen molar-refractivity contribution in [2.24, 2.45) is 0 Å². The van der Waals surface area contributed by atoms with Crippen molar-refractivity contribution >= 4 is 35.0 Å². The number of hydrogen-bond acceptors (Lipinski definition) is 8. The van der Waals surface area contributed by atoms with Crippen molar-refractivity contribution in [3.05, 3.63) is 40.8 Å². The highest BCUT2D eigenvalue weighted by atomic mass is 32.2. The molecule has 0 atom stereocenters. The van der Waals surface area contributed by atoms with Crippen LogP contribution in [-0.4, -0.2) is 55.7 Å². The summed E-state index contributed by atoms with van der Waals surface area (Å²) in [5.74, 6) is -0.174. The van der Waals surface area contributed by atoms with Crippen LogP contribution in [-0.2, 0) is 31.0 Å². The topological polar surface area (TPSA) is 93.9 Å². The number of aryl methyl sites for hydroxylation is 2. The summed E-state index contributed by atoms with van der Waals surface area (Å²) in [5.41, 5.74) is 1.19. The van der Waals surface area contributed by atoms with Crippen LogP contribution in [0.25, 0.3) is 0 Å². The molecular weight excluding hydrogens is 463 g/mol. The van der Waals surface area contributed by atoms with Gasteiger partial charge in [0.1, 0.15) is 5.76 Å². The second-order valence-corrected chi connectivity index (χ2v) is 8.32. The molecule has 180 valence electrons. The van der Waals surface area contributed by atoms with Gasteiger partial charge >= 0.3 is 12.1 Å². The van der Waals surface area contributed by atoms with Crippen LogP contribution in [0.4, 0.5) is 24.5 Å². The Labute approximate surface area is 192 Å². The first-order valence-corrected chi connectivity index (χ1v) is 11.3. The molecule has 0 spiro atoms. The van der Waals surface area contributed by atoms with Crippen LogP contribution in [0.15, 0.2) is 22.7 Å². The number of carbonyl (C=O) groups excluding carboxylic acids is 2. The molecule has 1 saturated heterocycles. The van der Waals surface area contributed by atoms with Gasteiger partial charge in [0, 0.05) is 24.4 Å². The zero-order valence-electron chi connectivity index (χ0n) is 18.2. The zero-order chi connectivity index (χ0) is 24.0. The van der Waals surface area contributed by atoms with E-state index in [9.17, 15) is 22.8 Å². The molecule has 2 aromatic rings. The summed E-state index contributed by atoms with van der Waals surface area (Å²) in [6.07, 6.45) is -4.56. The Hall–Kier alpha value is -2.73. The standard InChI is InChI=1S/C21H24F3N3O5S/c1-13-16(14(2)32-26-13)11-33-12-20(29)31-10-19(28)25-17-9-15(21(22,23)24)3-4-18(17)27-5-7-30-8-6-27/h3-4,9H,5-8,10-12H2,1-2H3,(H,25,28). The van der Waals surface area contributed by atoms with Gasteiger partial charge in [0.25, 0.3) is 5.91 Å². The monoisotopic (exact) mass is 487 g/mol. The Bertz CT molecular complexity index is 971. The van der Waals surface area contributed by atoms with Gasteiger partial charge in [0.2, 0.25) is 0 Å². The number of anilines is 2. The van der Waals surface area contributed by atoms with E-state index in [2.05, 4.69) is 10.5 Å². The molecule has 8 nitrogen and oxygen atoms in total. The number of morpholine rings is 1. The van der Waals surface area contributed by atoms with Crippen molar-refractivity contribution in [2.75, 3.05) is 48.9 Å². The summed E-state index contributed by atoms with van der Waals surface area (Å²) >= 11 is 1.28. The first-order valence-electron chi connectivity index (χ1n) is 10.1. The van der Waals surface area contributed by atoms with E-state index >= 15 is 0 Å². The number of nitrogens with one attached hydrogen (secondary N) is 1. The highest BCUT2D eigenvalue weighted by Gasteiger charge is 2.32. The largest absolute Gasteiger partial charge is 0.455 e. The summed E-state index contributed by atoms with van der Waals surface area (Å²) in [6, 6.07) is 3.17. The number of nitrogens with zero attached hydrogens (tertiary/aromatic N) is 2. The van der Waals surface area contributed by atoms with E-state index in [1.165, 1.54) is 17.8 Å². The van der Waals surface area contributed by atoms with Gasteiger partial charge < -0.3 is 24.2 Å². The lowest BCUT2D eigenvalue weighted by atomic mass is 10.1. The van der Waals surface area contributed by atoms with Crippen molar-refractivity contribution in [3.8, 4) is 0 Å². The second kappa shape index (κ2) is 10.9. The van der Waals surface area contributed by atoms with Crippen LogP contribution in [0.3, 0.4) is 0 Å². The first-order chi connectivity index (χ1) is 15.6. The highest BCUT2D eigenvalue weighted by molar-refractivity contribution is 7.99. The summed E-state index contributed by atoms with van der Waals surface area (Å²) in [5, 5.41) is 6.28. The minimum atomic E-state index is -4.56. The molecule has 1 aromatic carbocycles. The average Bonchev–Trinajstić information content (AvgIpc) is 3.10. The number of aromatic nitrogens is 1. The minimum Gasteiger partial charge on any atom is -0.455 e. The third-order valence-corrected chi connectivity index (χ3v) is 5.89. The Morgan fingerprint density at radius 1 is 1.24 bits per heavy atom. The maximum absolute atomic E-state index is 13.2. The Balaban J connectivity index is 1.56. The fraction of sp³-hybridized carbons (Fsp3) is 0.476. The number of thioether (sulfide) groups is 1. The molecule has 12 heteroatoms. The Morgan fingerprint density at radius 2 is 1.97 bits per heavy atom. The van der Waals surface area contributed by atoms with Gasteiger partial charge in [-0.2, -0.15) is 13.2 Å². The van der Waals surface area contributed by atoms with Crippen LogP contribution in [0.1, 0.15) is 22.6 Å². The molecule has 2 heterocycles. The van der Waals surface area contributed by atoms with Gasteiger partial charge in [-0.1, -0.05) is 5.16 Å². The molecule has 1 fully saturated rings. The van der Waals surface area contributed by atoms with Crippen LogP contribution in [0.5, 0.6) is 0 Å². The number of ether oxygens (including phenoxy) is 2. The van der Waals surface area contributed by atoms with Crippen LogP contribution < -0.4 is 10.2 Å². The zero-order valence-corrected chi connectivity index (χ0v) is 19.0. The van der Waals surface area contributed by atoms with E-state index in [0.29, 0.717) is 43.5 Å². The van der Waals surface area contributed by atoms with Gasteiger partial charge in [-0.15, -0.1) is 11.8 Å². The van der Waals surface area contributed by atoms with Crippen LogP contribution >= 0.6 is 11.8 Å². The van der Waals surface area contributed by atoms with Gasteiger partial charge in [0.05, 0.1) is 41.6 Å². The van der Waals surface area contributed by atoms with Crippen LogP contribution in [0.2, 0.25) is 0 Å². The number of esters is 1. The van der Waals surface area contributed by atoms with Crippen molar-refractivity contribution < 1.29 is 36.8 Å². The number of amides is 1. The lowest BCUT2D eigenvalue weighted by Crippen LogP contribution is -2.37. The van der Waals surface area contributed by atoms with E-state index in [1.807, 2.05) is 4.90 Å². The quantitative estimate of drug-likeness (QED) is 0.565. The number of carbonyl (C=O) groups is 2. The first kappa shape index (κ1) is 24.9. The van der Waals surface area contributed by atoms with E-state index in [1.54, 1.807) is 13.8 Å².